The third-order valence-electron chi connectivity index (χ3n) is 5.16. The average Bonchev–Trinajstić information content (AvgIpc) is 3.33. The molecular formula is C23H18ClNO4. The molecule has 0 saturated heterocycles. The van der Waals surface area contributed by atoms with Crippen molar-refractivity contribution in [3.8, 4) is 11.5 Å². The molecule has 5 rings (SSSR count). The number of aryl methyl sites for hydroxylation is 1. The number of nitrogens with zero attached hydrogens (tertiary/aromatic N) is 1. The molecule has 0 fully saturated rings. The summed E-state index contributed by atoms with van der Waals surface area (Å²) in [6.07, 6.45) is 3.19. The topological polar surface area (TPSA) is 51.9 Å². The summed E-state index contributed by atoms with van der Waals surface area (Å²) < 4.78 is 17.3. The number of rotatable bonds is 3. The Hall–Kier alpha value is -3.02. The van der Waals surface area contributed by atoms with E-state index in [1.165, 1.54) is 0 Å². The van der Waals surface area contributed by atoms with Crippen LogP contribution in [0.25, 0.3) is 6.08 Å². The fraction of sp³-hybridized carbons (Fsp3) is 0.174. The van der Waals surface area contributed by atoms with Crippen LogP contribution in [0.1, 0.15) is 32.8 Å². The molecule has 0 bridgehead atoms. The maximum Gasteiger partial charge on any atom is 0.232 e. The quantitative estimate of drug-likeness (QED) is 0.558. The summed E-state index contributed by atoms with van der Waals surface area (Å²) in [7, 11) is 0. The summed E-state index contributed by atoms with van der Waals surface area (Å²) in [5, 5.41) is 0.725. The highest BCUT2D eigenvalue weighted by atomic mass is 35.5. The lowest BCUT2D eigenvalue weighted by molar-refractivity contribution is 0.0872. The van der Waals surface area contributed by atoms with Crippen LogP contribution < -0.4 is 9.47 Å². The Bertz CT molecular complexity index is 1130. The minimum Gasteiger partial charge on any atom is -0.478 e. The van der Waals surface area contributed by atoms with Crippen molar-refractivity contribution in [2.24, 2.45) is 0 Å². The van der Waals surface area contributed by atoms with Crippen molar-refractivity contribution in [3.63, 3.8) is 0 Å². The summed E-state index contributed by atoms with van der Waals surface area (Å²) in [5.41, 5.74) is 3.33. The SMILES string of the molecule is Cc1cc2c(c3c1C(=O)/C(=C/c1ccco1)O3)CN(Cc1ccccc1Cl)CO2. The Morgan fingerprint density at radius 1 is 1.21 bits per heavy atom. The van der Waals surface area contributed by atoms with Gasteiger partial charge < -0.3 is 13.9 Å². The molecule has 1 aromatic heterocycles. The smallest absolute Gasteiger partial charge is 0.232 e. The molecule has 0 amide bonds. The van der Waals surface area contributed by atoms with Crippen molar-refractivity contribution in [3.05, 3.63) is 87.5 Å². The van der Waals surface area contributed by atoms with E-state index in [2.05, 4.69) is 4.90 Å². The zero-order chi connectivity index (χ0) is 20.0. The number of hydrogen-bond acceptors (Lipinski definition) is 5. The van der Waals surface area contributed by atoms with E-state index in [0.717, 1.165) is 27.5 Å². The molecule has 0 unspecified atom stereocenters. The Balaban J connectivity index is 1.48. The van der Waals surface area contributed by atoms with Gasteiger partial charge in [-0.2, -0.15) is 0 Å². The molecule has 0 atom stereocenters. The lowest BCUT2D eigenvalue weighted by Gasteiger charge is -2.30. The first-order valence-electron chi connectivity index (χ1n) is 9.33. The first-order valence-corrected chi connectivity index (χ1v) is 9.71. The zero-order valence-corrected chi connectivity index (χ0v) is 16.5. The zero-order valence-electron chi connectivity index (χ0n) is 15.8. The van der Waals surface area contributed by atoms with Crippen LogP contribution in [0.15, 0.2) is 58.9 Å². The van der Waals surface area contributed by atoms with Gasteiger partial charge in [-0.25, -0.2) is 0 Å². The van der Waals surface area contributed by atoms with Gasteiger partial charge in [-0.05, 0) is 42.3 Å². The molecule has 2 aliphatic heterocycles. The highest BCUT2D eigenvalue weighted by Gasteiger charge is 2.35. The van der Waals surface area contributed by atoms with Crippen LogP contribution >= 0.6 is 11.6 Å². The van der Waals surface area contributed by atoms with Gasteiger partial charge in [0.05, 0.1) is 17.4 Å². The average molecular weight is 408 g/mol. The van der Waals surface area contributed by atoms with E-state index in [-0.39, 0.29) is 11.5 Å². The molecule has 0 saturated carbocycles. The van der Waals surface area contributed by atoms with Crippen LogP contribution in [0, 0.1) is 6.92 Å². The number of ether oxygens (including phenoxy) is 2. The third-order valence-corrected chi connectivity index (χ3v) is 5.52. The van der Waals surface area contributed by atoms with E-state index in [1.54, 1.807) is 24.5 Å². The Morgan fingerprint density at radius 2 is 2.07 bits per heavy atom. The van der Waals surface area contributed by atoms with E-state index in [9.17, 15) is 4.79 Å². The molecule has 0 radical (unpaired) electrons. The molecule has 0 N–H and O–H groups in total. The van der Waals surface area contributed by atoms with Crippen LogP contribution in [0.4, 0.5) is 0 Å². The fourth-order valence-electron chi connectivity index (χ4n) is 3.75. The van der Waals surface area contributed by atoms with E-state index in [4.69, 9.17) is 25.5 Å². The number of ketones is 1. The second-order valence-corrected chi connectivity index (χ2v) is 7.59. The minimum atomic E-state index is -0.139. The summed E-state index contributed by atoms with van der Waals surface area (Å²) >= 11 is 6.31. The van der Waals surface area contributed by atoms with Crippen molar-refractivity contribution in [1.82, 2.24) is 4.90 Å². The van der Waals surface area contributed by atoms with Gasteiger partial charge in [0.15, 0.2) is 5.76 Å². The molecule has 0 spiro atoms. The van der Waals surface area contributed by atoms with E-state index in [1.807, 2.05) is 37.3 Å². The normalized spacial score (nSPS) is 17.0. The van der Waals surface area contributed by atoms with Crippen LogP contribution in [0.5, 0.6) is 11.5 Å². The van der Waals surface area contributed by atoms with Gasteiger partial charge in [0.25, 0.3) is 0 Å². The molecule has 6 heteroatoms. The van der Waals surface area contributed by atoms with E-state index < -0.39 is 0 Å². The van der Waals surface area contributed by atoms with Gasteiger partial charge in [-0.3, -0.25) is 9.69 Å². The predicted molar refractivity (Wildman–Crippen MR) is 109 cm³/mol. The van der Waals surface area contributed by atoms with Gasteiger partial charge in [-0.15, -0.1) is 0 Å². The van der Waals surface area contributed by atoms with Gasteiger partial charge in [-0.1, -0.05) is 29.8 Å². The monoisotopic (exact) mass is 407 g/mol. The highest BCUT2D eigenvalue weighted by Crippen LogP contribution is 2.44. The standard InChI is InChI=1S/C23H18ClNO4/c1-14-9-19-17(12-25(13-28-19)11-15-5-2-3-7-18(15)24)23-21(14)22(26)20(29-23)10-16-6-4-8-27-16/h2-10H,11-13H2,1H3/b20-10-. The number of benzene rings is 2. The lowest BCUT2D eigenvalue weighted by Crippen LogP contribution is -2.32. The Kier molecular flexibility index (Phi) is 4.42. The van der Waals surface area contributed by atoms with Crippen LogP contribution in [-0.4, -0.2) is 17.4 Å². The fourth-order valence-corrected chi connectivity index (χ4v) is 3.94. The summed E-state index contributed by atoms with van der Waals surface area (Å²) in [6.45, 7) is 3.59. The minimum absolute atomic E-state index is 0.139. The van der Waals surface area contributed by atoms with Crippen LogP contribution in [-0.2, 0) is 13.1 Å². The molecule has 0 aliphatic carbocycles. The molecule has 3 heterocycles. The number of carbonyl (C=O) groups excluding carboxylic acids is 1. The summed E-state index contributed by atoms with van der Waals surface area (Å²) in [6, 6.07) is 13.2. The summed E-state index contributed by atoms with van der Waals surface area (Å²) in [4.78, 5) is 15.1. The number of fused-ring (bicyclic) bond motifs is 3. The number of hydrogen-bond donors (Lipinski definition) is 0. The molecular weight excluding hydrogens is 390 g/mol. The lowest BCUT2D eigenvalue weighted by atomic mass is 9.98. The van der Waals surface area contributed by atoms with E-state index in [0.29, 0.717) is 36.9 Å². The van der Waals surface area contributed by atoms with Crippen molar-refractivity contribution < 1.29 is 18.7 Å². The van der Waals surface area contributed by atoms with Crippen LogP contribution in [0.2, 0.25) is 5.02 Å². The first kappa shape index (κ1) is 18.0. The molecule has 2 aromatic carbocycles. The first-order chi connectivity index (χ1) is 14.1. The highest BCUT2D eigenvalue weighted by molar-refractivity contribution is 6.31. The maximum atomic E-state index is 12.9. The van der Waals surface area contributed by atoms with Crippen molar-refractivity contribution >= 4 is 23.5 Å². The number of halogens is 1. The third kappa shape index (κ3) is 3.22. The number of carbonyl (C=O) groups is 1. The molecule has 2 aliphatic rings. The molecule has 3 aromatic rings. The van der Waals surface area contributed by atoms with Crippen molar-refractivity contribution in [2.75, 3.05) is 6.73 Å². The molecule has 146 valence electrons. The van der Waals surface area contributed by atoms with Crippen LogP contribution in [0.3, 0.4) is 0 Å². The largest absolute Gasteiger partial charge is 0.478 e. The molecule has 29 heavy (non-hydrogen) atoms. The Morgan fingerprint density at radius 3 is 2.86 bits per heavy atom. The van der Waals surface area contributed by atoms with Gasteiger partial charge in [0.1, 0.15) is 24.0 Å². The summed E-state index contributed by atoms with van der Waals surface area (Å²) in [5.74, 6) is 2.02. The van der Waals surface area contributed by atoms with Crippen molar-refractivity contribution in [1.29, 1.82) is 0 Å². The van der Waals surface area contributed by atoms with Gasteiger partial charge >= 0.3 is 0 Å². The number of Topliss-reactive ketones (excluding diaryl/α,β-unsaturated/α-hetero) is 1. The van der Waals surface area contributed by atoms with Gasteiger partial charge in [0, 0.05) is 24.2 Å². The van der Waals surface area contributed by atoms with E-state index >= 15 is 0 Å². The second-order valence-electron chi connectivity index (χ2n) is 7.18. The number of allylic oxidation sites excluding steroid dienone is 1. The number of furan rings is 1. The van der Waals surface area contributed by atoms with Gasteiger partial charge in [0.2, 0.25) is 5.78 Å². The van der Waals surface area contributed by atoms with Crippen molar-refractivity contribution in [2.45, 2.75) is 20.0 Å². The maximum absolute atomic E-state index is 12.9. The predicted octanol–water partition coefficient (Wildman–Crippen LogP) is 5.21. The second kappa shape index (κ2) is 7.10. The Labute approximate surface area is 173 Å². The molecule has 5 nitrogen and oxygen atoms in total.